The van der Waals surface area contributed by atoms with Crippen LogP contribution in [0.2, 0.25) is 0 Å². The van der Waals surface area contributed by atoms with Crippen molar-refractivity contribution in [2.45, 2.75) is 65.1 Å². The highest BCUT2D eigenvalue weighted by Crippen LogP contribution is 2.16. The summed E-state index contributed by atoms with van der Waals surface area (Å²) in [5, 5.41) is 6.09. The lowest BCUT2D eigenvalue weighted by Gasteiger charge is -2.35. The first-order valence-electron chi connectivity index (χ1n) is 7.69. The molecule has 6 heteroatoms. The Hall–Kier alpha value is -1.30. The van der Waals surface area contributed by atoms with Crippen molar-refractivity contribution >= 4 is 12.0 Å². The van der Waals surface area contributed by atoms with Crippen LogP contribution in [0.25, 0.3) is 0 Å². The zero-order valence-corrected chi connectivity index (χ0v) is 13.9. The van der Waals surface area contributed by atoms with Crippen LogP contribution < -0.4 is 10.6 Å². The van der Waals surface area contributed by atoms with E-state index in [0.717, 1.165) is 25.9 Å². The molecule has 1 rings (SSSR count). The fourth-order valence-corrected chi connectivity index (χ4v) is 2.30. The first-order valence-corrected chi connectivity index (χ1v) is 7.69. The van der Waals surface area contributed by atoms with E-state index in [1.807, 2.05) is 34.6 Å². The number of nitrogens with one attached hydrogen (secondary N) is 2. The predicted molar refractivity (Wildman–Crippen MR) is 82.1 cm³/mol. The molecule has 2 N–H and O–H groups in total. The molecule has 0 saturated carbocycles. The number of nitrogens with zero attached hydrogens (tertiary/aromatic N) is 1. The second kappa shape index (κ2) is 7.64. The molecule has 1 aliphatic heterocycles. The summed E-state index contributed by atoms with van der Waals surface area (Å²) in [5.74, 6) is -0.144. The van der Waals surface area contributed by atoms with E-state index in [-0.39, 0.29) is 24.5 Å². The van der Waals surface area contributed by atoms with Crippen LogP contribution in [0.4, 0.5) is 4.79 Å². The van der Waals surface area contributed by atoms with Gasteiger partial charge in [0.15, 0.2) is 0 Å². The Morgan fingerprint density at radius 2 is 1.86 bits per heavy atom. The number of hydrogen-bond donors (Lipinski definition) is 2. The van der Waals surface area contributed by atoms with Crippen LogP contribution >= 0.6 is 0 Å². The molecule has 6 nitrogen and oxygen atoms in total. The van der Waals surface area contributed by atoms with E-state index in [2.05, 4.69) is 10.6 Å². The largest absolute Gasteiger partial charge is 0.444 e. The van der Waals surface area contributed by atoms with Gasteiger partial charge in [-0.3, -0.25) is 9.69 Å². The Bertz CT molecular complexity index is 358. The summed E-state index contributed by atoms with van der Waals surface area (Å²) in [6, 6.07) is 0.116. The van der Waals surface area contributed by atoms with Gasteiger partial charge in [0.25, 0.3) is 0 Å². The molecule has 0 aliphatic carbocycles. The Labute approximate surface area is 127 Å². The van der Waals surface area contributed by atoms with Crippen molar-refractivity contribution in [3.63, 3.8) is 0 Å². The molecule has 0 aromatic rings. The molecule has 1 saturated heterocycles. The minimum Gasteiger partial charge on any atom is -0.444 e. The van der Waals surface area contributed by atoms with Gasteiger partial charge in [-0.05, 0) is 60.5 Å². The van der Waals surface area contributed by atoms with Gasteiger partial charge in [0, 0.05) is 12.1 Å². The van der Waals surface area contributed by atoms with Crippen molar-refractivity contribution in [1.82, 2.24) is 15.5 Å². The highest BCUT2D eigenvalue weighted by molar-refractivity contribution is 5.82. The minimum absolute atomic E-state index is 0.0533. The molecule has 0 unspecified atom stereocenters. The SMILES string of the molecule is CC(C)NC(=O)CN(C(=O)OC(C)(C)C)C1CCNCC1. The summed E-state index contributed by atoms with van der Waals surface area (Å²) < 4.78 is 5.45. The van der Waals surface area contributed by atoms with E-state index >= 15 is 0 Å². The molecule has 1 heterocycles. The third-order valence-electron chi connectivity index (χ3n) is 3.14. The third-order valence-corrected chi connectivity index (χ3v) is 3.14. The molecule has 0 bridgehead atoms. The minimum atomic E-state index is -0.559. The van der Waals surface area contributed by atoms with E-state index in [0.29, 0.717) is 0 Å². The Balaban J connectivity index is 2.73. The van der Waals surface area contributed by atoms with Crippen molar-refractivity contribution in [3.8, 4) is 0 Å². The van der Waals surface area contributed by atoms with E-state index in [1.54, 1.807) is 4.90 Å². The number of carbonyl (C=O) groups is 2. The zero-order chi connectivity index (χ0) is 16.0. The van der Waals surface area contributed by atoms with Crippen LogP contribution in [-0.4, -0.2) is 54.2 Å². The number of carbonyl (C=O) groups excluding carboxylic acids is 2. The summed E-state index contributed by atoms with van der Waals surface area (Å²) in [6.07, 6.45) is 1.27. The van der Waals surface area contributed by atoms with Crippen LogP contribution in [-0.2, 0) is 9.53 Å². The van der Waals surface area contributed by atoms with Gasteiger partial charge in [0.2, 0.25) is 5.91 Å². The molecule has 0 aromatic heterocycles. The Morgan fingerprint density at radius 3 is 2.33 bits per heavy atom. The fraction of sp³-hybridized carbons (Fsp3) is 0.867. The fourth-order valence-electron chi connectivity index (χ4n) is 2.30. The first-order chi connectivity index (χ1) is 9.69. The maximum absolute atomic E-state index is 12.4. The van der Waals surface area contributed by atoms with Gasteiger partial charge in [0.05, 0.1) is 0 Å². The van der Waals surface area contributed by atoms with Crippen LogP contribution in [0.15, 0.2) is 0 Å². The Morgan fingerprint density at radius 1 is 1.29 bits per heavy atom. The van der Waals surface area contributed by atoms with E-state index in [4.69, 9.17) is 4.74 Å². The van der Waals surface area contributed by atoms with Gasteiger partial charge < -0.3 is 15.4 Å². The number of piperidine rings is 1. The smallest absolute Gasteiger partial charge is 0.411 e. The second-order valence-electron chi connectivity index (χ2n) is 6.81. The second-order valence-corrected chi connectivity index (χ2v) is 6.81. The molecular formula is C15H29N3O3. The van der Waals surface area contributed by atoms with E-state index < -0.39 is 11.7 Å². The van der Waals surface area contributed by atoms with Gasteiger partial charge in [-0.15, -0.1) is 0 Å². The molecule has 1 fully saturated rings. The lowest BCUT2D eigenvalue weighted by Crippen LogP contribution is -2.51. The molecule has 21 heavy (non-hydrogen) atoms. The topological polar surface area (TPSA) is 70.7 Å². The maximum atomic E-state index is 12.4. The zero-order valence-electron chi connectivity index (χ0n) is 13.9. The van der Waals surface area contributed by atoms with Gasteiger partial charge in [-0.2, -0.15) is 0 Å². The lowest BCUT2D eigenvalue weighted by atomic mass is 10.1. The van der Waals surface area contributed by atoms with Crippen molar-refractivity contribution in [1.29, 1.82) is 0 Å². The summed E-state index contributed by atoms with van der Waals surface area (Å²) in [5.41, 5.74) is -0.559. The average molecular weight is 299 g/mol. The number of hydrogen-bond acceptors (Lipinski definition) is 4. The first kappa shape index (κ1) is 17.8. The van der Waals surface area contributed by atoms with Crippen LogP contribution in [0, 0.1) is 0 Å². The molecule has 0 atom stereocenters. The number of rotatable bonds is 4. The number of ether oxygens (including phenoxy) is 1. The van der Waals surface area contributed by atoms with Crippen molar-refractivity contribution in [2.24, 2.45) is 0 Å². The van der Waals surface area contributed by atoms with Gasteiger partial charge in [-0.1, -0.05) is 0 Å². The molecular weight excluding hydrogens is 270 g/mol. The predicted octanol–water partition coefficient (Wildman–Crippen LogP) is 1.50. The normalized spacial score (nSPS) is 16.7. The van der Waals surface area contributed by atoms with Gasteiger partial charge in [-0.25, -0.2) is 4.79 Å². The summed E-state index contributed by atoms with van der Waals surface area (Å²) in [4.78, 5) is 26.0. The quantitative estimate of drug-likeness (QED) is 0.825. The summed E-state index contributed by atoms with van der Waals surface area (Å²) >= 11 is 0. The standard InChI is InChI=1S/C15H29N3O3/c1-11(2)17-13(19)10-18(12-6-8-16-9-7-12)14(20)21-15(3,4)5/h11-12,16H,6-10H2,1-5H3,(H,17,19). The molecule has 0 aromatic carbocycles. The third kappa shape index (κ3) is 6.80. The molecule has 0 radical (unpaired) electrons. The highest BCUT2D eigenvalue weighted by atomic mass is 16.6. The van der Waals surface area contributed by atoms with Crippen LogP contribution in [0.1, 0.15) is 47.5 Å². The lowest BCUT2D eigenvalue weighted by molar-refractivity contribution is -0.123. The van der Waals surface area contributed by atoms with Crippen molar-refractivity contribution in [2.75, 3.05) is 19.6 Å². The van der Waals surface area contributed by atoms with Crippen molar-refractivity contribution < 1.29 is 14.3 Å². The summed E-state index contributed by atoms with van der Waals surface area (Å²) in [7, 11) is 0. The number of amides is 2. The molecule has 122 valence electrons. The summed E-state index contributed by atoms with van der Waals surface area (Å²) in [6.45, 7) is 11.1. The molecule has 0 spiro atoms. The van der Waals surface area contributed by atoms with E-state index in [9.17, 15) is 9.59 Å². The van der Waals surface area contributed by atoms with Gasteiger partial charge in [0.1, 0.15) is 12.1 Å². The van der Waals surface area contributed by atoms with E-state index in [1.165, 1.54) is 0 Å². The Kier molecular flexibility index (Phi) is 6.45. The highest BCUT2D eigenvalue weighted by Gasteiger charge is 2.30. The maximum Gasteiger partial charge on any atom is 0.411 e. The van der Waals surface area contributed by atoms with Crippen LogP contribution in [0.3, 0.4) is 0 Å². The molecule has 2 amide bonds. The van der Waals surface area contributed by atoms with Gasteiger partial charge >= 0.3 is 6.09 Å². The monoisotopic (exact) mass is 299 g/mol. The average Bonchev–Trinajstić information content (AvgIpc) is 2.34. The van der Waals surface area contributed by atoms with Crippen LogP contribution in [0.5, 0.6) is 0 Å². The van der Waals surface area contributed by atoms with Crippen molar-refractivity contribution in [3.05, 3.63) is 0 Å². The molecule has 1 aliphatic rings.